The second kappa shape index (κ2) is 5.50. The summed E-state index contributed by atoms with van der Waals surface area (Å²) in [6.07, 6.45) is 0.299. The fourth-order valence-electron chi connectivity index (χ4n) is 0.620. The highest BCUT2D eigenvalue weighted by Gasteiger charge is 2.08. The number of rotatable bonds is 6. The molecule has 0 rings (SSSR count). The Morgan fingerprint density at radius 1 is 1.42 bits per heavy atom. The summed E-state index contributed by atoms with van der Waals surface area (Å²) in [5.74, 6) is 0.324. The van der Waals surface area contributed by atoms with E-state index in [0.29, 0.717) is 18.9 Å². The lowest BCUT2D eigenvalue weighted by Crippen LogP contribution is -2.30. The zero-order chi connectivity index (χ0) is 9.61. The minimum absolute atomic E-state index is 0.0101. The molecule has 0 radical (unpaired) electrons. The lowest BCUT2D eigenvalue weighted by Gasteiger charge is -2.07. The molecule has 0 aliphatic carbocycles. The highest BCUT2D eigenvalue weighted by Crippen LogP contribution is 1.92. The molecule has 12 heavy (non-hydrogen) atoms. The maximum Gasteiger partial charge on any atom is 0.211 e. The van der Waals surface area contributed by atoms with Gasteiger partial charge in [0.1, 0.15) is 0 Å². The van der Waals surface area contributed by atoms with Crippen molar-refractivity contribution in [2.45, 2.75) is 20.3 Å². The van der Waals surface area contributed by atoms with Crippen molar-refractivity contribution in [3.63, 3.8) is 0 Å². The van der Waals surface area contributed by atoms with Crippen LogP contribution in [0.25, 0.3) is 0 Å². The minimum atomic E-state index is -3.15. The van der Waals surface area contributed by atoms with Gasteiger partial charge in [-0.25, -0.2) is 13.1 Å². The zero-order valence-electron chi connectivity index (χ0n) is 7.58. The number of nitrogens with one attached hydrogen (secondary N) is 1. The molecule has 74 valence electrons. The fourth-order valence-corrected chi connectivity index (χ4v) is 1.86. The van der Waals surface area contributed by atoms with Crippen molar-refractivity contribution in [2.75, 3.05) is 18.9 Å². The van der Waals surface area contributed by atoms with Crippen molar-refractivity contribution in [2.24, 2.45) is 5.92 Å². The van der Waals surface area contributed by atoms with Crippen molar-refractivity contribution < 1.29 is 13.5 Å². The van der Waals surface area contributed by atoms with E-state index in [1.165, 1.54) is 0 Å². The van der Waals surface area contributed by atoms with E-state index in [1.807, 2.05) is 13.8 Å². The Balaban J connectivity index is 3.73. The molecule has 4 nitrogen and oxygen atoms in total. The Kier molecular flexibility index (Phi) is 5.44. The lowest BCUT2D eigenvalue weighted by atomic mass is 10.2. The van der Waals surface area contributed by atoms with Crippen LogP contribution >= 0.6 is 0 Å². The topological polar surface area (TPSA) is 66.4 Å². The van der Waals surface area contributed by atoms with E-state index in [0.717, 1.165) is 0 Å². The lowest BCUT2D eigenvalue weighted by molar-refractivity contribution is 0.295. The Morgan fingerprint density at radius 2 is 2.00 bits per heavy atom. The molecule has 0 heterocycles. The van der Waals surface area contributed by atoms with E-state index < -0.39 is 10.0 Å². The molecular formula is C7H17NO3S. The number of aliphatic hydroxyl groups excluding tert-OH is 1. The second-order valence-electron chi connectivity index (χ2n) is 3.14. The first-order chi connectivity index (χ1) is 5.48. The van der Waals surface area contributed by atoms with Crippen molar-refractivity contribution in [1.29, 1.82) is 0 Å². The minimum Gasteiger partial charge on any atom is -0.396 e. The van der Waals surface area contributed by atoms with Crippen LogP contribution in [0.2, 0.25) is 0 Å². The van der Waals surface area contributed by atoms with E-state index in [-0.39, 0.29) is 12.4 Å². The first-order valence-electron chi connectivity index (χ1n) is 4.06. The summed E-state index contributed by atoms with van der Waals surface area (Å²) < 4.78 is 24.6. The monoisotopic (exact) mass is 195 g/mol. The molecule has 0 saturated heterocycles. The van der Waals surface area contributed by atoms with Crippen molar-refractivity contribution in [1.82, 2.24) is 4.72 Å². The van der Waals surface area contributed by atoms with Gasteiger partial charge in [0.15, 0.2) is 0 Å². The van der Waals surface area contributed by atoms with Crippen LogP contribution in [0.15, 0.2) is 0 Å². The predicted molar refractivity (Wildman–Crippen MR) is 48.3 cm³/mol. The Bertz CT molecular complexity index is 199. The fraction of sp³-hybridized carbons (Fsp3) is 1.00. The summed E-state index contributed by atoms with van der Waals surface area (Å²) in [7, 11) is -3.15. The molecule has 0 aromatic heterocycles. The van der Waals surface area contributed by atoms with Crippen LogP contribution in [0.5, 0.6) is 0 Å². The van der Waals surface area contributed by atoms with Crippen LogP contribution in [0.4, 0.5) is 0 Å². The number of sulfonamides is 1. The number of aliphatic hydroxyl groups is 1. The maximum atomic E-state index is 11.1. The van der Waals surface area contributed by atoms with Crippen LogP contribution in [0.1, 0.15) is 20.3 Å². The van der Waals surface area contributed by atoms with Gasteiger partial charge in [-0.1, -0.05) is 13.8 Å². The van der Waals surface area contributed by atoms with E-state index in [1.54, 1.807) is 0 Å². The maximum absolute atomic E-state index is 11.1. The summed E-state index contributed by atoms with van der Waals surface area (Å²) in [4.78, 5) is 0. The molecule has 2 N–H and O–H groups in total. The molecule has 0 aromatic rings. The number of hydrogen-bond donors (Lipinski definition) is 2. The normalized spacial score (nSPS) is 12.3. The van der Waals surface area contributed by atoms with Crippen LogP contribution in [-0.2, 0) is 10.0 Å². The molecule has 0 unspecified atom stereocenters. The second-order valence-corrected chi connectivity index (χ2v) is 5.06. The third-order valence-corrected chi connectivity index (χ3v) is 2.72. The molecular weight excluding hydrogens is 178 g/mol. The smallest absolute Gasteiger partial charge is 0.211 e. The Morgan fingerprint density at radius 3 is 2.42 bits per heavy atom. The molecule has 0 fully saturated rings. The van der Waals surface area contributed by atoms with Gasteiger partial charge in [0.25, 0.3) is 0 Å². The molecule has 0 aliphatic heterocycles. The SMILES string of the molecule is CC(C)CNS(=O)(=O)CCCO. The molecule has 0 saturated carbocycles. The third-order valence-electron chi connectivity index (χ3n) is 1.28. The van der Waals surface area contributed by atoms with E-state index in [9.17, 15) is 8.42 Å². The van der Waals surface area contributed by atoms with E-state index >= 15 is 0 Å². The molecule has 0 amide bonds. The summed E-state index contributed by atoms with van der Waals surface area (Å²) in [6.45, 7) is 4.26. The highest BCUT2D eigenvalue weighted by molar-refractivity contribution is 7.89. The summed E-state index contributed by atoms with van der Waals surface area (Å²) in [5.41, 5.74) is 0. The van der Waals surface area contributed by atoms with Gasteiger partial charge in [-0.05, 0) is 12.3 Å². The third kappa shape index (κ3) is 6.57. The predicted octanol–water partition coefficient (Wildman–Crippen LogP) is -0.0558. The van der Waals surface area contributed by atoms with E-state index in [4.69, 9.17) is 5.11 Å². The van der Waals surface area contributed by atoms with Gasteiger partial charge in [0.2, 0.25) is 10.0 Å². The van der Waals surface area contributed by atoms with Crippen LogP contribution < -0.4 is 4.72 Å². The average molecular weight is 195 g/mol. The molecule has 5 heteroatoms. The summed E-state index contributed by atoms with van der Waals surface area (Å²) in [5, 5.41) is 8.41. The Labute approximate surface area is 74.0 Å². The van der Waals surface area contributed by atoms with Crippen molar-refractivity contribution in [3.8, 4) is 0 Å². The van der Waals surface area contributed by atoms with Crippen LogP contribution in [-0.4, -0.2) is 32.4 Å². The first-order valence-corrected chi connectivity index (χ1v) is 5.71. The molecule has 0 aliphatic rings. The standard InChI is InChI=1S/C7H17NO3S/c1-7(2)6-8-12(10,11)5-3-4-9/h7-9H,3-6H2,1-2H3. The molecule has 0 spiro atoms. The van der Waals surface area contributed by atoms with Crippen LogP contribution in [0, 0.1) is 5.92 Å². The summed E-state index contributed by atoms with van der Waals surface area (Å²) in [6, 6.07) is 0. The van der Waals surface area contributed by atoms with Crippen molar-refractivity contribution in [3.05, 3.63) is 0 Å². The van der Waals surface area contributed by atoms with Crippen molar-refractivity contribution >= 4 is 10.0 Å². The largest absolute Gasteiger partial charge is 0.396 e. The van der Waals surface area contributed by atoms with Crippen LogP contribution in [0.3, 0.4) is 0 Å². The molecule has 0 atom stereocenters. The number of hydrogen-bond acceptors (Lipinski definition) is 3. The average Bonchev–Trinajstić information content (AvgIpc) is 1.98. The van der Waals surface area contributed by atoms with Gasteiger partial charge in [-0.3, -0.25) is 0 Å². The van der Waals surface area contributed by atoms with E-state index in [2.05, 4.69) is 4.72 Å². The van der Waals surface area contributed by atoms with Gasteiger partial charge >= 0.3 is 0 Å². The van der Waals surface area contributed by atoms with Gasteiger partial charge in [0.05, 0.1) is 5.75 Å². The molecule has 0 aromatic carbocycles. The van der Waals surface area contributed by atoms with Gasteiger partial charge in [-0.2, -0.15) is 0 Å². The molecule has 0 bridgehead atoms. The summed E-state index contributed by atoms with van der Waals surface area (Å²) >= 11 is 0. The van der Waals surface area contributed by atoms with Gasteiger partial charge in [-0.15, -0.1) is 0 Å². The van der Waals surface area contributed by atoms with Gasteiger partial charge in [0, 0.05) is 13.2 Å². The van der Waals surface area contributed by atoms with Gasteiger partial charge < -0.3 is 5.11 Å². The quantitative estimate of drug-likeness (QED) is 0.624. The Hall–Kier alpha value is -0.130. The highest BCUT2D eigenvalue weighted by atomic mass is 32.2. The zero-order valence-corrected chi connectivity index (χ0v) is 8.39. The first kappa shape index (κ1) is 11.9.